The normalized spacial score (nSPS) is 12.6. The Kier molecular flexibility index (Phi) is 25.5. The van der Waals surface area contributed by atoms with Crippen LogP contribution < -0.4 is 27.4 Å². The van der Waals surface area contributed by atoms with Gasteiger partial charge >= 0.3 is 0 Å². The van der Waals surface area contributed by atoms with E-state index in [1.54, 1.807) is 0 Å². The number of nitrogens with one attached hydrogen (secondary N) is 3. The van der Waals surface area contributed by atoms with Gasteiger partial charge in [0.25, 0.3) is 0 Å². The molecule has 0 spiro atoms. The van der Waals surface area contributed by atoms with Gasteiger partial charge < -0.3 is 55.8 Å². The molecule has 0 radical (unpaired) electrons. The molecule has 0 saturated heterocycles. The fraction of sp³-hybridized carbons (Fsp3) is 0.727. The number of amides is 3. The van der Waals surface area contributed by atoms with Crippen molar-refractivity contribution in [1.29, 1.82) is 0 Å². The minimum atomic E-state index is -0.812. The van der Waals surface area contributed by atoms with Crippen LogP contribution in [0.5, 0.6) is 0 Å². The van der Waals surface area contributed by atoms with Gasteiger partial charge in [0, 0.05) is 18.7 Å². The zero-order valence-corrected chi connectivity index (χ0v) is 28.6. The minimum Gasteiger partial charge on any atom is -0.379 e. The van der Waals surface area contributed by atoms with Crippen molar-refractivity contribution >= 4 is 23.4 Å². The molecule has 0 aromatic heterocycles. The van der Waals surface area contributed by atoms with Crippen LogP contribution in [0.1, 0.15) is 45.6 Å². The summed E-state index contributed by atoms with van der Waals surface area (Å²) in [5, 5.41) is 8.45. The standard InChI is InChI=1S/C33H59N5O9/c1-4-27-7-9-28(10-8-27)36-32(40)29(6-5-12-34)37-33(41)31(26(2)3)38-30(39)11-14-42-16-18-44-20-22-46-24-25-47-23-21-45-19-17-43-15-13-35/h7-10,26,29,31H,4-6,11-25,34-35H2,1-3H3,(H,36,40)(H,37,41)(H,38,39). The first-order valence-electron chi connectivity index (χ1n) is 16.7. The monoisotopic (exact) mass is 669 g/mol. The maximum atomic E-state index is 13.2. The Bertz CT molecular complexity index is 953. The van der Waals surface area contributed by atoms with E-state index in [4.69, 9.17) is 39.9 Å². The van der Waals surface area contributed by atoms with Gasteiger partial charge in [0.05, 0.1) is 79.3 Å². The lowest BCUT2D eigenvalue weighted by atomic mass is 10.0. The third kappa shape index (κ3) is 21.7. The summed E-state index contributed by atoms with van der Waals surface area (Å²) in [5.41, 5.74) is 12.8. The van der Waals surface area contributed by atoms with Gasteiger partial charge in [-0.3, -0.25) is 14.4 Å². The maximum Gasteiger partial charge on any atom is 0.246 e. The fourth-order valence-electron chi connectivity index (χ4n) is 4.14. The lowest BCUT2D eigenvalue weighted by molar-refractivity contribution is -0.132. The molecule has 1 aromatic carbocycles. The maximum absolute atomic E-state index is 13.2. The van der Waals surface area contributed by atoms with Gasteiger partial charge in [-0.25, -0.2) is 0 Å². The molecule has 0 bridgehead atoms. The molecule has 14 nitrogen and oxygen atoms in total. The number of rotatable bonds is 30. The van der Waals surface area contributed by atoms with Gasteiger partial charge in [-0.15, -0.1) is 0 Å². The summed E-state index contributed by atoms with van der Waals surface area (Å²) in [6.45, 7) is 11.8. The minimum absolute atomic E-state index is 0.0809. The van der Waals surface area contributed by atoms with E-state index in [1.807, 2.05) is 38.1 Å². The van der Waals surface area contributed by atoms with Crippen molar-refractivity contribution in [2.75, 3.05) is 97.7 Å². The highest BCUT2D eigenvalue weighted by Crippen LogP contribution is 2.12. The number of nitrogens with two attached hydrogens (primary N) is 2. The molecule has 14 heteroatoms. The van der Waals surface area contributed by atoms with Crippen molar-refractivity contribution in [2.45, 2.75) is 58.5 Å². The molecule has 0 saturated carbocycles. The number of hydrogen-bond donors (Lipinski definition) is 5. The summed E-state index contributed by atoms with van der Waals surface area (Å²) in [7, 11) is 0. The Morgan fingerprint density at radius 3 is 1.60 bits per heavy atom. The van der Waals surface area contributed by atoms with Crippen LogP contribution in [0.25, 0.3) is 0 Å². The molecule has 1 rings (SSSR count). The quantitative estimate of drug-likeness (QED) is 0.0734. The predicted molar refractivity (Wildman–Crippen MR) is 180 cm³/mol. The zero-order valence-electron chi connectivity index (χ0n) is 28.6. The average molecular weight is 670 g/mol. The Balaban J connectivity index is 2.22. The van der Waals surface area contributed by atoms with Crippen molar-refractivity contribution in [3.05, 3.63) is 29.8 Å². The third-order valence-electron chi connectivity index (χ3n) is 6.82. The van der Waals surface area contributed by atoms with Crippen LogP contribution in [0, 0.1) is 5.92 Å². The summed E-state index contributed by atoms with van der Waals surface area (Å²) in [4.78, 5) is 38.8. The summed E-state index contributed by atoms with van der Waals surface area (Å²) in [6, 6.07) is 5.96. The lowest BCUT2D eigenvalue weighted by Gasteiger charge is -2.25. The second-order valence-electron chi connectivity index (χ2n) is 11.0. The van der Waals surface area contributed by atoms with Gasteiger partial charge in [0.15, 0.2) is 0 Å². The topological polar surface area (TPSA) is 195 Å². The molecule has 2 atom stereocenters. The van der Waals surface area contributed by atoms with E-state index in [9.17, 15) is 14.4 Å². The highest BCUT2D eigenvalue weighted by molar-refractivity contribution is 5.98. The molecular formula is C33H59N5O9. The number of carbonyl (C=O) groups is 3. The zero-order chi connectivity index (χ0) is 34.5. The smallest absolute Gasteiger partial charge is 0.246 e. The first-order valence-corrected chi connectivity index (χ1v) is 16.7. The fourth-order valence-corrected chi connectivity index (χ4v) is 4.14. The first-order chi connectivity index (χ1) is 22.8. The van der Waals surface area contributed by atoms with Gasteiger partial charge in [-0.2, -0.15) is 0 Å². The van der Waals surface area contributed by atoms with Crippen LogP contribution in [0.4, 0.5) is 5.69 Å². The van der Waals surface area contributed by atoms with Crippen LogP contribution in [0.3, 0.4) is 0 Å². The van der Waals surface area contributed by atoms with E-state index in [1.165, 1.54) is 0 Å². The van der Waals surface area contributed by atoms with Crippen molar-refractivity contribution in [3.8, 4) is 0 Å². The SMILES string of the molecule is CCc1ccc(NC(=O)C(CCCN)NC(=O)C(NC(=O)CCOCCOCCOCCOCCOCCOCCN)C(C)C)cc1. The third-order valence-corrected chi connectivity index (χ3v) is 6.82. The summed E-state index contributed by atoms with van der Waals surface area (Å²) in [5.74, 6) is -1.28. The Hall–Kier alpha value is -2.69. The molecular weight excluding hydrogens is 610 g/mol. The lowest BCUT2D eigenvalue weighted by Crippen LogP contribution is -2.54. The van der Waals surface area contributed by atoms with Crippen molar-refractivity contribution < 1.29 is 42.8 Å². The predicted octanol–water partition coefficient (Wildman–Crippen LogP) is 1.00. The summed E-state index contributed by atoms with van der Waals surface area (Å²) < 4.78 is 32.4. The van der Waals surface area contributed by atoms with E-state index >= 15 is 0 Å². The van der Waals surface area contributed by atoms with Gasteiger partial charge in [0.1, 0.15) is 12.1 Å². The molecule has 0 aliphatic carbocycles. The Morgan fingerprint density at radius 1 is 0.660 bits per heavy atom. The number of aryl methyl sites for hydroxylation is 1. The summed E-state index contributed by atoms with van der Waals surface area (Å²) in [6.07, 6.45) is 1.91. The molecule has 0 heterocycles. The highest BCUT2D eigenvalue weighted by Gasteiger charge is 2.28. The molecule has 3 amide bonds. The van der Waals surface area contributed by atoms with E-state index in [0.717, 1.165) is 12.0 Å². The molecule has 0 aliphatic rings. The van der Waals surface area contributed by atoms with E-state index in [-0.39, 0.29) is 30.8 Å². The van der Waals surface area contributed by atoms with Crippen LogP contribution in [0.15, 0.2) is 24.3 Å². The second kappa shape index (κ2) is 28.3. The second-order valence-corrected chi connectivity index (χ2v) is 11.0. The van der Waals surface area contributed by atoms with Crippen molar-refractivity contribution in [3.63, 3.8) is 0 Å². The van der Waals surface area contributed by atoms with Gasteiger partial charge in [-0.05, 0) is 49.4 Å². The van der Waals surface area contributed by atoms with E-state index in [0.29, 0.717) is 104 Å². The first kappa shape index (κ1) is 42.3. The molecule has 2 unspecified atom stereocenters. The van der Waals surface area contributed by atoms with Crippen LogP contribution in [-0.4, -0.2) is 122 Å². The Labute approximate surface area is 280 Å². The van der Waals surface area contributed by atoms with E-state index < -0.39 is 18.0 Å². The van der Waals surface area contributed by atoms with Crippen LogP contribution >= 0.6 is 0 Å². The number of carbonyl (C=O) groups excluding carboxylic acids is 3. The van der Waals surface area contributed by atoms with E-state index in [2.05, 4.69) is 22.9 Å². The highest BCUT2D eigenvalue weighted by atomic mass is 16.6. The van der Waals surface area contributed by atoms with Crippen molar-refractivity contribution in [1.82, 2.24) is 10.6 Å². The van der Waals surface area contributed by atoms with Crippen LogP contribution in [0.2, 0.25) is 0 Å². The molecule has 0 fully saturated rings. The number of benzene rings is 1. The Morgan fingerprint density at radius 2 is 1.15 bits per heavy atom. The van der Waals surface area contributed by atoms with Crippen LogP contribution in [-0.2, 0) is 49.2 Å². The number of hydrogen-bond acceptors (Lipinski definition) is 11. The molecule has 47 heavy (non-hydrogen) atoms. The van der Waals surface area contributed by atoms with Gasteiger partial charge in [0.2, 0.25) is 17.7 Å². The number of anilines is 1. The average Bonchev–Trinajstić information content (AvgIpc) is 3.06. The summed E-state index contributed by atoms with van der Waals surface area (Å²) >= 11 is 0. The molecule has 1 aromatic rings. The van der Waals surface area contributed by atoms with Gasteiger partial charge in [-0.1, -0.05) is 32.9 Å². The number of ether oxygens (including phenoxy) is 6. The molecule has 7 N–H and O–H groups in total. The largest absolute Gasteiger partial charge is 0.379 e. The van der Waals surface area contributed by atoms with Crippen molar-refractivity contribution in [2.24, 2.45) is 17.4 Å². The molecule has 270 valence electrons. The molecule has 0 aliphatic heterocycles.